The smallest absolute Gasteiger partial charge is 0.0540 e. The van der Waals surface area contributed by atoms with Crippen LogP contribution < -0.4 is 9.80 Å². The fraction of sp³-hybridized carbons (Fsp3) is 0. The lowest BCUT2D eigenvalue weighted by molar-refractivity contribution is 1.28. The normalized spacial score (nSPS) is 11.3. The van der Waals surface area contributed by atoms with Gasteiger partial charge in [-0.05, 0) is 128 Å². The van der Waals surface area contributed by atoms with E-state index in [9.17, 15) is 0 Å². The van der Waals surface area contributed by atoms with E-state index in [0.29, 0.717) is 0 Å². The second kappa shape index (κ2) is 15.1. The molecule has 60 heavy (non-hydrogen) atoms. The fourth-order valence-corrected chi connectivity index (χ4v) is 8.91. The van der Waals surface area contributed by atoms with Gasteiger partial charge in [-0.3, -0.25) is 0 Å². The third-order valence-electron chi connectivity index (χ3n) is 11.8. The fourth-order valence-electron chi connectivity index (χ4n) is 8.91. The third-order valence-corrected chi connectivity index (χ3v) is 11.8. The largest absolute Gasteiger partial charge is 0.311 e. The van der Waals surface area contributed by atoms with Crippen LogP contribution in [0.25, 0.3) is 66.4 Å². The maximum atomic E-state index is 2.39. The highest BCUT2D eigenvalue weighted by Crippen LogP contribution is 2.51. The monoisotopic (exact) mass is 764 g/mol. The summed E-state index contributed by atoms with van der Waals surface area (Å²) in [6, 6.07) is 87.6. The molecule has 282 valence electrons. The van der Waals surface area contributed by atoms with Gasteiger partial charge in [0.25, 0.3) is 0 Å². The minimum absolute atomic E-state index is 1.10. The van der Waals surface area contributed by atoms with Gasteiger partial charge in [-0.2, -0.15) is 0 Å². The Morgan fingerprint density at radius 3 is 0.983 bits per heavy atom. The molecule has 0 atom stereocenters. The van der Waals surface area contributed by atoms with Gasteiger partial charge < -0.3 is 9.80 Å². The second-order valence-corrected chi connectivity index (χ2v) is 15.3. The lowest BCUT2D eigenvalue weighted by Crippen LogP contribution is -2.10. The van der Waals surface area contributed by atoms with Crippen LogP contribution in [0.2, 0.25) is 0 Å². The van der Waals surface area contributed by atoms with Gasteiger partial charge in [0.1, 0.15) is 0 Å². The van der Waals surface area contributed by atoms with Gasteiger partial charge >= 0.3 is 0 Å². The average molecular weight is 765 g/mol. The lowest BCUT2D eigenvalue weighted by atomic mass is 9.99. The number of hydrogen-bond donors (Lipinski definition) is 0. The number of benzene rings is 10. The number of fused-ring (bicyclic) bond motifs is 3. The first-order valence-corrected chi connectivity index (χ1v) is 20.6. The van der Waals surface area contributed by atoms with Gasteiger partial charge in [0.15, 0.2) is 0 Å². The van der Waals surface area contributed by atoms with E-state index >= 15 is 0 Å². The summed E-state index contributed by atoms with van der Waals surface area (Å²) in [4.78, 5) is 4.73. The minimum atomic E-state index is 1.10. The van der Waals surface area contributed by atoms with Gasteiger partial charge in [-0.25, -0.2) is 0 Å². The number of nitrogens with zero attached hydrogens (tertiary/aromatic N) is 2. The molecule has 10 aromatic rings. The summed E-state index contributed by atoms with van der Waals surface area (Å²) in [5.41, 5.74) is 19.1. The van der Waals surface area contributed by atoms with Crippen LogP contribution in [0.15, 0.2) is 243 Å². The molecule has 11 rings (SSSR count). The van der Waals surface area contributed by atoms with Crippen LogP contribution in [0.4, 0.5) is 34.1 Å². The number of para-hydroxylation sites is 1. The predicted octanol–water partition coefficient (Wildman–Crippen LogP) is 16.4. The highest BCUT2D eigenvalue weighted by Gasteiger charge is 2.24. The molecule has 2 heteroatoms. The Balaban J connectivity index is 0.935. The topological polar surface area (TPSA) is 6.48 Å². The summed E-state index contributed by atoms with van der Waals surface area (Å²) in [5.74, 6) is 0. The van der Waals surface area contributed by atoms with Crippen molar-refractivity contribution in [3.63, 3.8) is 0 Å². The van der Waals surface area contributed by atoms with Crippen LogP contribution >= 0.6 is 0 Å². The molecule has 0 bridgehead atoms. The highest BCUT2D eigenvalue weighted by atomic mass is 15.1. The molecule has 0 unspecified atom stereocenters. The van der Waals surface area contributed by atoms with E-state index in [0.717, 1.165) is 28.4 Å². The molecular formula is C58H40N2. The molecule has 0 spiro atoms. The zero-order valence-electron chi connectivity index (χ0n) is 33.0. The van der Waals surface area contributed by atoms with E-state index in [1.165, 1.54) is 72.1 Å². The van der Waals surface area contributed by atoms with Crippen molar-refractivity contribution in [3.8, 4) is 55.6 Å². The lowest BCUT2D eigenvalue weighted by Gasteiger charge is -2.27. The van der Waals surface area contributed by atoms with Crippen molar-refractivity contribution in [1.29, 1.82) is 0 Å². The summed E-state index contributed by atoms with van der Waals surface area (Å²) in [6.07, 6.45) is 0. The Bertz CT molecular complexity index is 2970. The quantitative estimate of drug-likeness (QED) is 0.144. The Labute approximate surface area is 351 Å². The summed E-state index contributed by atoms with van der Waals surface area (Å²) >= 11 is 0. The molecule has 0 saturated heterocycles. The van der Waals surface area contributed by atoms with E-state index in [-0.39, 0.29) is 0 Å². The second-order valence-electron chi connectivity index (χ2n) is 15.3. The molecule has 0 saturated carbocycles. The average Bonchev–Trinajstić information content (AvgIpc) is 3.66. The Hall–Kier alpha value is -7.94. The van der Waals surface area contributed by atoms with E-state index in [1.54, 1.807) is 0 Å². The van der Waals surface area contributed by atoms with Crippen molar-refractivity contribution < 1.29 is 0 Å². The first-order valence-electron chi connectivity index (χ1n) is 20.6. The minimum Gasteiger partial charge on any atom is -0.311 e. The van der Waals surface area contributed by atoms with Crippen molar-refractivity contribution in [2.45, 2.75) is 0 Å². The molecule has 2 nitrogen and oxygen atoms in total. The van der Waals surface area contributed by atoms with Crippen molar-refractivity contribution in [3.05, 3.63) is 243 Å². The van der Waals surface area contributed by atoms with E-state index in [2.05, 4.69) is 252 Å². The number of rotatable bonds is 9. The summed E-state index contributed by atoms with van der Waals surface area (Å²) < 4.78 is 0. The van der Waals surface area contributed by atoms with Gasteiger partial charge in [0, 0.05) is 33.8 Å². The zero-order valence-corrected chi connectivity index (χ0v) is 33.0. The molecular weight excluding hydrogens is 725 g/mol. The summed E-state index contributed by atoms with van der Waals surface area (Å²) in [7, 11) is 0. The van der Waals surface area contributed by atoms with Crippen molar-refractivity contribution in [2.75, 3.05) is 9.80 Å². The molecule has 0 N–H and O–H groups in total. The molecule has 0 radical (unpaired) electrons. The number of anilines is 6. The summed E-state index contributed by atoms with van der Waals surface area (Å²) in [6.45, 7) is 0. The van der Waals surface area contributed by atoms with E-state index in [1.807, 2.05) is 0 Å². The van der Waals surface area contributed by atoms with E-state index < -0.39 is 0 Å². The molecule has 0 amide bonds. The van der Waals surface area contributed by atoms with Gasteiger partial charge in [0.05, 0.1) is 5.69 Å². The first-order chi connectivity index (χ1) is 29.8. The van der Waals surface area contributed by atoms with Gasteiger partial charge in [-0.15, -0.1) is 0 Å². The molecule has 10 aromatic carbocycles. The van der Waals surface area contributed by atoms with Gasteiger partial charge in [0.2, 0.25) is 0 Å². The standard InChI is InChI=1S/C58H40N2/c1-4-13-41(14-5-1)43-23-31-48(32-24-43)59(49-33-25-44(26-34-49)42-15-6-2-7-16-42)50-35-27-45(28-36-50)46-29-37-51(38-30-46)60(47-17-8-3-9-18-47)57-40-39-55-53-20-11-10-19-52(53)54-21-12-22-56(57)58(54)55/h1-40H. The third kappa shape index (κ3) is 6.32. The first kappa shape index (κ1) is 35.2. The van der Waals surface area contributed by atoms with Gasteiger partial charge in [-0.1, -0.05) is 176 Å². The molecule has 0 aromatic heterocycles. The molecule has 0 aliphatic heterocycles. The van der Waals surface area contributed by atoms with Crippen molar-refractivity contribution in [2.24, 2.45) is 0 Å². The van der Waals surface area contributed by atoms with Crippen LogP contribution in [0.1, 0.15) is 0 Å². The Morgan fingerprint density at radius 2 is 0.533 bits per heavy atom. The van der Waals surface area contributed by atoms with Crippen LogP contribution in [-0.2, 0) is 0 Å². The van der Waals surface area contributed by atoms with Crippen LogP contribution in [0.5, 0.6) is 0 Å². The van der Waals surface area contributed by atoms with Crippen LogP contribution in [0, 0.1) is 0 Å². The van der Waals surface area contributed by atoms with Crippen molar-refractivity contribution in [1.82, 2.24) is 0 Å². The predicted molar refractivity (Wildman–Crippen MR) is 254 cm³/mol. The maximum absolute atomic E-state index is 2.39. The zero-order chi connectivity index (χ0) is 39.8. The molecule has 0 heterocycles. The highest BCUT2D eigenvalue weighted by molar-refractivity contribution is 6.19. The maximum Gasteiger partial charge on any atom is 0.0540 e. The molecule has 1 aliphatic carbocycles. The van der Waals surface area contributed by atoms with Crippen molar-refractivity contribution >= 4 is 44.9 Å². The Kier molecular flexibility index (Phi) is 8.87. The summed E-state index contributed by atoms with van der Waals surface area (Å²) in [5, 5.41) is 2.57. The molecule has 1 aliphatic rings. The Morgan fingerprint density at radius 1 is 0.200 bits per heavy atom. The molecule has 0 fully saturated rings. The SMILES string of the molecule is c1ccc(-c2ccc(N(c3ccc(-c4ccccc4)cc3)c3ccc(-c4ccc(N(c5ccccc5)c5ccc6c7c(cccc57)-c5ccccc5-6)cc4)cc3)cc2)cc1. The number of hydrogen-bond acceptors (Lipinski definition) is 2. The van der Waals surface area contributed by atoms with Crippen LogP contribution in [0.3, 0.4) is 0 Å². The van der Waals surface area contributed by atoms with Crippen LogP contribution in [-0.4, -0.2) is 0 Å². The van der Waals surface area contributed by atoms with E-state index in [4.69, 9.17) is 0 Å².